The number of likely N-dealkylation sites (N-methyl/N-ethyl adjacent to an activating group) is 1. The van der Waals surface area contributed by atoms with Gasteiger partial charge < -0.3 is 19.8 Å². The first kappa shape index (κ1) is 54.2. The number of carbonyl (C=O) groups excluding carboxylic acids is 1. The quantitative estimate of drug-likeness (QED) is 0.0245. The van der Waals surface area contributed by atoms with Crippen molar-refractivity contribution < 1.29 is 32.9 Å². The summed E-state index contributed by atoms with van der Waals surface area (Å²) in [4.78, 5) is 22.9. The summed E-state index contributed by atoms with van der Waals surface area (Å²) in [5.74, 6) is -0.182. The molecule has 3 unspecified atom stereocenters. The smallest absolute Gasteiger partial charge is 0.387 e. The third-order valence-electron chi connectivity index (χ3n) is 10.8. The molecule has 0 aromatic carbocycles. The number of carbonyl (C=O) groups is 1. The molecular formula is C46H94N2O6P+. The van der Waals surface area contributed by atoms with Crippen LogP contribution >= 0.6 is 7.82 Å². The number of unbranched alkanes of at least 4 members (excludes halogenated alkanes) is 30. The van der Waals surface area contributed by atoms with Crippen LogP contribution in [0.2, 0.25) is 0 Å². The molecule has 1 amide bonds. The van der Waals surface area contributed by atoms with Gasteiger partial charge in [-0.1, -0.05) is 219 Å². The standard InChI is InChI=1S/C46H93N2O6P/c1-6-8-10-12-13-14-15-16-17-18-19-20-21-22-23-24-25-26-27-28-29-30-31-32-33-34-35-36-38-40-46(50)47-44(45(49)39-37-11-9-7-2)43-54-55(51,52)53-42-41-48(3,4)5/h37,39,44-45,49H,6-36,38,40-43H2,1-5H3,(H-,47,50,51,52)/p+1/b39-37+. The number of allylic oxidation sites excluding steroid dienone is 1. The maximum absolute atomic E-state index is 12.7. The molecule has 0 saturated heterocycles. The van der Waals surface area contributed by atoms with Crippen molar-refractivity contribution in [1.29, 1.82) is 0 Å². The van der Waals surface area contributed by atoms with Gasteiger partial charge in [-0.05, 0) is 12.8 Å². The van der Waals surface area contributed by atoms with Gasteiger partial charge in [-0.25, -0.2) is 4.57 Å². The summed E-state index contributed by atoms with van der Waals surface area (Å²) in [6.45, 7) is 4.68. The van der Waals surface area contributed by atoms with Crippen molar-refractivity contribution in [2.24, 2.45) is 0 Å². The fourth-order valence-electron chi connectivity index (χ4n) is 6.97. The van der Waals surface area contributed by atoms with Gasteiger partial charge in [-0.2, -0.15) is 0 Å². The summed E-state index contributed by atoms with van der Waals surface area (Å²) in [6.07, 6.45) is 45.2. The van der Waals surface area contributed by atoms with Crippen LogP contribution in [-0.4, -0.2) is 73.4 Å². The van der Waals surface area contributed by atoms with Crippen LogP contribution in [0.4, 0.5) is 0 Å². The van der Waals surface area contributed by atoms with Gasteiger partial charge in [-0.15, -0.1) is 0 Å². The van der Waals surface area contributed by atoms with Crippen molar-refractivity contribution in [3.05, 3.63) is 12.2 Å². The van der Waals surface area contributed by atoms with Crippen molar-refractivity contribution in [1.82, 2.24) is 5.32 Å². The molecule has 0 aliphatic heterocycles. The van der Waals surface area contributed by atoms with Gasteiger partial charge in [0.2, 0.25) is 5.91 Å². The predicted molar refractivity (Wildman–Crippen MR) is 235 cm³/mol. The van der Waals surface area contributed by atoms with Crippen LogP contribution in [0.25, 0.3) is 0 Å². The summed E-state index contributed by atoms with van der Waals surface area (Å²) in [7, 11) is 1.57. The van der Waals surface area contributed by atoms with Crippen LogP contribution in [0.3, 0.4) is 0 Å². The fourth-order valence-corrected chi connectivity index (χ4v) is 7.71. The highest BCUT2D eigenvalue weighted by Crippen LogP contribution is 2.43. The monoisotopic (exact) mass is 802 g/mol. The molecule has 0 aromatic heterocycles. The number of phosphoric acid groups is 1. The van der Waals surface area contributed by atoms with Crippen molar-refractivity contribution in [3.8, 4) is 0 Å². The predicted octanol–water partition coefficient (Wildman–Crippen LogP) is 13.1. The van der Waals surface area contributed by atoms with E-state index in [-0.39, 0.29) is 19.1 Å². The number of hydrogen-bond donors (Lipinski definition) is 3. The molecule has 0 saturated carbocycles. The zero-order valence-electron chi connectivity index (χ0n) is 37.2. The minimum Gasteiger partial charge on any atom is -0.387 e. The molecule has 0 aliphatic carbocycles. The molecule has 0 spiro atoms. The van der Waals surface area contributed by atoms with E-state index < -0.39 is 20.0 Å². The Hall–Kier alpha value is -0.760. The molecule has 3 atom stereocenters. The Morgan fingerprint density at radius 3 is 1.33 bits per heavy atom. The van der Waals surface area contributed by atoms with Gasteiger partial charge in [0.05, 0.1) is 39.9 Å². The number of phosphoric ester groups is 1. The second kappa shape index (κ2) is 38.7. The number of nitrogens with zero attached hydrogens (tertiary/aromatic N) is 1. The lowest BCUT2D eigenvalue weighted by molar-refractivity contribution is -0.870. The number of amides is 1. The average molecular weight is 802 g/mol. The first-order chi connectivity index (χ1) is 26.5. The molecule has 0 fully saturated rings. The number of aliphatic hydroxyl groups is 1. The Bertz CT molecular complexity index is 911. The van der Waals surface area contributed by atoms with Crippen LogP contribution in [-0.2, 0) is 18.4 Å². The zero-order valence-corrected chi connectivity index (χ0v) is 38.1. The van der Waals surface area contributed by atoms with Crippen LogP contribution in [0.15, 0.2) is 12.2 Å². The van der Waals surface area contributed by atoms with Crippen LogP contribution < -0.4 is 5.32 Å². The highest BCUT2D eigenvalue weighted by molar-refractivity contribution is 7.47. The maximum Gasteiger partial charge on any atom is 0.472 e. The molecule has 0 bridgehead atoms. The molecule has 55 heavy (non-hydrogen) atoms. The van der Waals surface area contributed by atoms with Crippen LogP contribution in [0.5, 0.6) is 0 Å². The van der Waals surface area contributed by atoms with E-state index in [9.17, 15) is 19.4 Å². The maximum atomic E-state index is 12.7. The first-order valence-electron chi connectivity index (χ1n) is 23.6. The molecule has 0 heterocycles. The van der Waals surface area contributed by atoms with Gasteiger partial charge >= 0.3 is 7.82 Å². The SMILES string of the molecule is CCCC/C=C/C(O)C(COP(=O)(O)OCC[N+](C)(C)C)NC(=O)CCCCCCCCCCCCCCCCCCCCCCCCCCCCCCC. The Morgan fingerprint density at radius 1 is 0.600 bits per heavy atom. The lowest BCUT2D eigenvalue weighted by Crippen LogP contribution is -2.45. The first-order valence-corrected chi connectivity index (χ1v) is 25.1. The van der Waals surface area contributed by atoms with Crippen molar-refractivity contribution in [2.45, 2.75) is 238 Å². The highest BCUT2D eigenvalue weighted by Gasteiger charge is 2.27. The molecule has 3 N–H and O–H groups in total. The van der Waals surface area contributed by atoms with E-state index in [1.54, 1.807) is 6.08 Å². The van der Waals surface area contributed by atoms with Gasteiger partial charge in [-0.3, -0.25) is 13.8 Å². The normalized spacial score (nSPS) is 14.4. The molecule has 9 heteroatoms. The third-order valence-corrected chi connectivity index (χ3v) is 11.7. The van der Waals surface area contributed by atoms with E-state index in [1.165, 1.54) is 167 Å². The number of rotatable bonds is 43. The van der Waals surface area contributed by atoms with E-state index >= 15 is 0 Å². The van der Waals surface area contributed by atoms with E-state index in [4.69, 9.17) is 9.05 Å². The van der Waals surface area contributed by atoms with Crippen molar-refractivity contribution >= 4 is 13.7 Å². The van der Waals surface area contributed by atoms with Gasteiger partial charge in [0.15, 0.2) is 0 Å². The van der Waals surface area contributed by atoms with Crippen molar-refractivity contribution in [2.75, 3.05) is 40.9 Å². The van der Waals surface area contributed by atoms with Crippen LogP contribution in [0, 0.1) is 0 Å². The minimum absolute atomic E-state index is 0.0629. The summed E-state index contributed by atoms with van der Waals surface area (Å²) in [5, 5.41) is 13.5. The number of aliphatic hydroxyl groups excluding tert-OH is 1. The van der Waals surface area contributed by atoms with E-state index in [0.717, 1.165) is 38.5 Å². The summed E-state index contributed by atoms with van der Waals surface area (Å²) in [6, 6.07) is -0.837. The van der Waals surface area contributed by atoms with Gasteiger partial charge in [0.1, 0.15) is 13.2 Å². The largest absolute Gasteiger partial charge is 0.472 e. The number of quaternary nitrogens is 1. The van der Waals surface area contributed by atoms with E-state index in [1.807, 2.05) is 27.2 Å². The van der Waals surface area contributed by atoms with Gasteiger partial charge in [0.25, 0.3) is 0 Å². The van der Waals surface area contributed by atoms with E-state index in [2.05, 4.69) is 19.2 Å². The van der Waals surface area contributed by atoms with Gasteiger partial charge in [0, 0.05) is 6.42 Å². The molecule has 0 radical (unpaired) electrons. The Kier molecular flexibility index (Phi) is 38.2. The zero-order chi connectivity index (χ0) is 40.7. The Labute approximate surface area is 342 Å². The van der Waals surface area contributed by atoms with Crippen molar-refractivity contribution in [3.63, 3.8) is 0 Å². The molecule has 0 aromatic rings. The Balaban J connectivity index is 3.78. The lowest BCUT2D eigenvalue weighted by Gasteiger charge is -2.25. The lowest BCUT2D eigenvalue weighted by atomic mass is 10.0. The minimum atomic E-state index is -4.31. The molecule has 8 nitrogen and oxygen atoms in total. The number of nitrogens with one attached hydrogen (secondary N) is 1. The molecular weight excluding hydrogens is 707 g/mol. The average Bonchev–Trinajstić information content (AvgIpc) is 3.13. The summed E-state index contributed by atoms with van der Waals surface area (Å²) < 4.78 is 23.3. The fraction of sp³-hybridized carbons (Fsp3) is 0.935. The van der Waals surface area contributed by atoms with E-state index in [0.29, 0.717) is 17.4 Å². The molecule has 0 aliphatic rings. The molecule has 0 rings (SSSR count). The summed E-state index contributed by atoms with van der Waals surface area (Å²) >= 11 is 0. The second-order valence-electron chi connectivity index (χ2n) is 17.5. The highest BCUT2D eigenvalue weighted by atomic mass is 31.2. The number of hydrogen-bond acceptors (Lipinski definition) is 5. The Morgan fingerprint density at radius 2 is 0.964 bits per heavy atom. The topological polar surface area (TPSA) is 105 Å². The summed E-state index contributed by atoms with van der Waals surface area (Å²) in [5.41, 5.74) is 0. The molecule has 328 valence electrons. The third kappa shape index (κ3) is 41.2. The van der Waals surface area contributed by atoms with Crippen LogP contribution in [0.1, 0.15) is 226 Å². The second-order valence-corrected chi connectivity index (χ2v) is 18.9.